The van der Waals surface area contributed by atoms with E-state index in [4.69, 9.17) is 9.47 Å². The molecule has 110 valence electrons. The average Bonchev–Trinajstić information content (AvgIpc) is 2.75. The summed E-state index contributed by atoms with van der Waals surface area (Å²) >= 11 is 0. The molecule has 2 rings (SSSR count). The van der Waals surface area contributed by atoms with Gasteiger partial charge in [0.15, 0.2) is 5.79 Å². The van der Waals surface area contributed by atoms with Crippen LogP contribution in [0.3, 0.4) is 0 Å². The summed E-state index contributed by atoms with van der Waals surface area (Å²) < 4.78 is 11.1. The van der Waals surface area contributed by atoms with Gasteiger partial charge < -0.3 is 14.8 Å². The minimum Gasteiger partial charge on any atom is -0.349 e. The van der Waals surface area contributed by atoms with Gasteiger partial charge in [0, 0.05) is 12.1 Å². The number of nitrogens with one attached hydrogen (secondary N) is 1. The zero-order valence-electron chi connectivity index (χ0n) is 12.6. The normalized spacial score (nSPS) is 21.1. The average molecular weight is 277 g/mol. The van der Waals surface area contributed by atoms with Crippen LogP contribution in [-0.2, 0) is 9.47 Å². The van der Waals surface area contributed by atoms with Crippen molar-refractivity contribution in [3.63, 3.8) is 0 Å². The summed E-state index contributed by atoms with van der Waals surface area (Å²) in [6, 6.07) is 7.72. The van der Waals surface area contributed by atoms with Crippen molar-refractivity contribution in [3.05, 3.63) is 35.4 Å². The van der Waals surface area contributed by atoms with Gasteiger partial charge in [-0.05, 0) is 37.5 Å². The van der Waals surface area contributed by atoms with Crippen LogP contribution in [0.5, 0.6) is 0 Å². The lowest BCUT2D eigenvalue weighted by molar-refractivity contribution is -0.137. The lowest BCUT2D eigenvalue weighted by atomic mass is 10.0. The van der Waals surface area contributed by atoms with E-state index in [2.05, 4.69) is 19.2 Å². The third-order valence-corrected chi connectivity index (χ3v) is 3.40. The molecule has 0 saturated carbocycles. The Morgan fingerprint density at radius 3 is 2.50 bits per heavy atom. The summed E-state index contributed by atoms with van der Waals surface area (Å²) in [7, 11) is 0. The molecule has 0 radical (unpaired) electrons. The monoisotopic (exact) mass is 277 g/mol. The molecule has 0 aliphatic carbocycles. The fourth-order valence-electron chi connectivity index (χ4n) is 2.19. The lowest BCUT2D eigenvalue weighted by Crippen LogP contribution is -2.34. The van der Waals surface area contributed by atoms with E-state index >= 15 is 0 Å². The van der Waals surface area contributed by atoms with E-state index in [0.717, 1.165) is 0 Å². The highest BCUT2D eigenvalue weighted by atomic mass is 16.7. The second kappa shape index (κ2) is 5.94. The first-order chi connectivity index (χ1) is 9.37. The Bertz CT molecular complexity index is 465. The molecule has 4 nitrogen and oxygen atoms in total. The number of hydrogen-bond donors (Lipinski definition) is 1. The molecule has 1 atom stereocenters. The number of ether oxygens (including phenoxy) is 2. The third-order valence-electron chi connectivity index (χ3n) is 3.40. The number of hydrogen-bond acceptors (Lipinski definition) is 3. The molecule has 0 bridgehead atoms. The van der Waals surface area contributed by atoms with Crippen molar-refractivity contribution in [2.75, 3.05) is 13.2 Å². The number of carbonyl (C=O) groups excluding carboxylic acids is 1. The third kappa shape index (κ3) is 3.81. The van der Waals surface area contributed by atoms with E-state index in [-0.39, 0.29) is 12.0 Å². The van der Waals surface area contributed by atoms with Gasteiger partial charge in [-0.1, -0.05) is 26.0 Å². The largest absolute Gasteiger partial charge is 0.349 e. The molecule has 0 spiro atoms. The summed E-state index contributed by atoms with van der Waals surface area (Å²) in [6.07, 6.45) is -0.0797. The summed E-state index contributed by atoms with van der Waals surface area (Å²) in [4.78, 5) is 12.0. The molecule has 1 aromatic carbocycles. The van der Waals surface area contributed by atoms with Crippen molar-refractivity contribution in [1.82, 2.24) is 5.32 Å². The summed E-state index contributed by atoms with van der Waals surface area (Å²) in [6.45, 7) is 9.00. The summed E-state index contributed by atoms with van der Waals surface area (Å²) in [5.74, 6) is -0.152. The predicted octanol–water partition coefficient (Wildman–Crippen LogP) is 2.69. The molecule has 1 fully saturated rings. The van der Waals surface area contributed by atoms with Crippen molar-refractivity contribution in [2.24, 2.45) is 0 Å². The highest BCUT2D eigenvalue weighted by Gasteiger charge is 2.32. The Morgan fingerprint density at radius 1 is 1.35 bits per heavy atom. The van der Waals surface area contributed by atoms with Crippen LogP contribution in [0, 0.1) is 0 Å². The molecule has 1 saturated heterocycles. The fourth-order valence-corrected chi connectivity index (χ4v) is 2.19. The molecular formula is C16H23NO3. The van der Waals surface area contributed by atoms with Crippen LogP contribution >= 0.6 is 0 Å². The first-order valence-corrected chi connectivity index (χ1v) is 7.07. The summed E-state index contributed by atoms with van der Waals surface area (Å²) in [5, 5.41) is 2.88. The van der Waals surface area contributed by atoms with E-state index in [1.165, 1.54) is 5.56 Å². The van der Waals surface area contributed by atoms with Crippen LogP contribution in [0.25, 0.3) is 0 Å². The highest BCUT2D eigenvalue weighted by Crippen LogP contribution is 2.21. The van der Waals surface area contributed by atoms with Gasteiger partial charge in [-0.3, -0.25) is 4.79 Å². The van der Waals surface area contributed by atoms with Crippen LogP contribution in [0.1, 0.15) is 49.5 Å². The van der Waals surface area contributed by atoms with Gasteiger partial charge in [-0.25, -0.2) is 0 Å². The van der Waals surface area contributed by atoms with Crippen LogP contribution in [0.15, 0.2) is 24.3 Å². The Hall–Kier alpha value is -1.39. The van der Waals surface area contributed by atoms with E-state index in [0.29, 0.717) is 24.6 Å². The molecule has 0 aromatic heterocycles. The van der Waals surface area contributed by atoms with Gasteiger partial charge in [0.25, 0.3) is 5.91 Å². The molecule has 1 N–H and O–H groups in total. The quantitative estimate of drug-likeness (QED) is 0.920. The number of amides is 1. The smallest absolute Gasteiger partial charge is 0.251 e. The maximum atomic E-state index is 12.0. The minimum absolute atomic E-state index is 0.0754. The Kier molecular flexibility index (Phi) is 4.45. The van der Waals surface area contributed by atoms with E-state index in [1.807, 2.05) is 38.1 Å². The Labute approximate surface area is 120 Å². The highest BCUT2D eigenvalue weighted by molar-refractivity contribution is 5.94. The van der Waals surface area contributed by atoms with Crippen molar-refractivity contribution < 1.29 is 14.3 Å². The van der Waals surface area contributed by atoms with E-state index in [1.54, 1.807) is 0 Å². The van der Waals surface area contributed by atoms with E-state index < -0.39 is 5.79 Å². The van der Waals surface area contributed by atoms with Crippen LogP contribution in [0.2, 0.25) is 0 Å². The molecule has 1 heterocycles. The zero-order chi connectivity index (χ0) is 14.8. The maximum Gasteiger partial charge on any atom is 0.251 e. The molecule has 1 aromatic rings. The van der Waals surface area contributed by atoms with Crippen molar-refractivity contribution >= 4 is 5.91 Å². The Balaban J connectivity index is 1.86. The molecule has 1 amide bonds. The van der Waals surface area contributed by atoms with Gasteiger partial charge >= 0.3 is 0 Å². The number of rotatable bonds is 4. The fraction of sp³-hybridized carbons (Fsp3) is 0.562. The first-order valence-electron chi connectivity index (χ1n) is 7.07. The lowest BCUT2D eigenvalue weighted by Gasteiger charge is -2.17. The SMILES string of the molecule is CC(C)c1ccc(C(=O)NCC2COC(C)(C)O2)cc1. The molecule has 1 unspecified atom stereocenters. The summed E-state index contributed by atoms with van der Waals surface area (Å²) in [5.41, 5.74) is 1.91. The second-order valence-corrected chi connectivity index (χ2v) is 5.94. The van der Waals surface area contributed by atoms with Crippen molar-refractivity contribution in [1.29, 1.82) is 0 Å². The molecule has 1 aliphatic heterocycles. The van der Waals surface area contributed by atoms with Crippen LogP contribution < -0.4 is 5.32 Å². The van der Waals surface area contributed by atoms with Gasteiger partial charge in [0.1, 0.15) is 6.10 Å². The molecular weight excluding hydrogens is 254 g/mol. The predicted molar refractivity (Wildman–Crippen MR) is 77.8 cm³/mol. The molecule has 4 heteroatoms. The number of benzene rings is 1. The zero-order valence-corrected chi connectivity index (χ0v) is 12.6. The molecule has 1 aliphatic rings. The van der Waals surface area contributed by atoms with Crippen molar-refractivity contribution in [2.45, 2.75) is 45.5 Å². The maximum absolute atomic E-state index is 12.0. The Morgan fingerprint density at radius 2 is 2.00 bits per heavy atom. The van der Waals surface area contributed by atoms with Gasteiger partial charge in [0.2, 0.25) is 0 Å². The second-order valence-electron chi connectivity index (χ2n) is 5.94. The van der Waals surface area contributed by atoms with Gasteiger partial charge in [-0.2, -0.15) is 0 Å². The topological polar surface area (TPSA) is 47.6 Å². The van der Waals surface area contributed by atoms with E-state index in [9.17, 15) is 4.79 Å². The van der Waals surface area contributed by atoms with Gasteiger partial charge in [-0.15, -0.1) is 0 Å². The van der Waals surface area contributed by atoms with Crippen molar-refractivity contribution in [3.8, 4) is 0 Å². The van der Waals surface area contributed by atoms with Crippen LogP contribution in [0.4, 0.5) is 0 Å². The first kappa shape index (κ1) is 15.0. The van der Waals surface area contributed by atoms with Crippen LogP contribution in [-0.4, -0.2) is 30.9 Å². The standard InChI is InChI=1S/C16H23NO3/c1-11(2)12-5-7-13(8-6-12)15(18)17-9-14-10-19-16(3,4)20-14/h5-8,11,14H,9-10H2,1-4H3,(H,17,18). The minimum atomic E-state index is -0.547. The molecule has 20 heavy (non-hydrogen) atoms. The number of carbonyl (C=O) groups is 1. The van der Waals surface area contributed by atoms with Gasteiger partial charge in [0.05, 0.1) is 6.61 Å².